The molecule has 0 N–H and O–H groups in total. The molecule has 0 bridgehead atoms. The molecule has 0 saturated carbocycles. The minimum absolute atomic E-state index is 0.730. The largest absolute Gasteiger partial charge is 0.494 e. The predicted molar refractivity (Wildman–Crippen MR) is 97.0 cm³/mol. The maximum absolute atomic E-state index is 5.53. The van der Waals surface area contributed by atoms with E-state index in [-0.39, 0.29) is 0 Å². The summed E-state index contributed by atoms with van der Waals surface area (Å²) in [6.07, 6.45) is 2.53. The van der Waals surface area contributed by atoms with E-state index in [1.165, 1.54) is 11.3 Å². The summed E-state index contributed by atoms with van der Waals surface area (Å²) in [4.78, 5) is 5.50. The van der Waals surface area contributed by atoms with Crippen molar-refractivity contribution in [3.8, 4) is 17.2 Å². The number of hydrogen-bond donors (Lipinski definition) is 0. The molecule has 0 saturated heterocycles. The maximum atomic E-state index is 5.53. The van der Waals surface area contributed by atoms with Gasteiger partial charge in [0.25, 0.3) is 0 Å². The minimum Gasteiger partial charge on any atom is -0.494 e. The predicted octanol–water partition coefficient (Wildman–Crippen LogP) is 4.68. The van der Waals surface area contributed by atoms with Crippen molar-refractivity contribution in [2.45, 2.75) is 20.3 Å². The second-order valence-electron chi connectivity index (χ2n) is 5.17. The highest BCUT2D eigenvalue weighted by molar-refractivity contribution is 7.07. The van der Waals surface area contributed by atoms with Crippen molar-refractivity contribution < 1.29 is 9.15 Å². The molecule has 2 heterocycles. The third-order valence-electron chi connectivity index (χ3n) is 3.54. The Morgan fingerprint density at radius 1 is 1.25 bits per heavy atom. The number of hydrogen-bond acceptors (Lipinski definition) is 5. The van der Waals surface area contributed by atoms with E-state index in [2.05, 4.69) is 6.92 Å². The van der Waals surface area contributed by atoms with Gasteiger partial charge in [-0.05, 0) is 37.6 Å². The average molecular weight is 341 g/mol. The number of thiazole rings is 1. The Hall–Kier alpha value is -2.60. The zero-order valence-corrected chi connectivity index (χ0v) is 14.7. The molecule has 0 unspecified atom stereocenters. The Bertz CT molecular complexity index is 904. The zero-order valence-electron chi connectivity index (χ0n) is 13.9. The second kappa shape index (κ2) is 7.31. The maximum Gasteiger partial charge on any atom is 0.211 e. The first-order valence-corrected chi connectivity index (χ1v) is 8.57. The van der Waals surface area contributed by atoms with Crippen molar-refractivity contribution in [1.29, 1.82) is 0 Å². The highest BCUT2D eigenvalue weighted by Crippen LogP contribution is 2.27. The van der Waals surface area contributed by atoms with Crippen LogP contribution in [-0.2, 0) is 0 Å². The summed E-state index contributed by atoms with van der Waals surface area (Å²) in [5.74, 6) is 1.49. The van der Waals surface area contributed by atoms with Gasteiger partial charge in [-0.15, -0.1) is 11.3 Å². The first kappa shape index (κ1) is 16.3. The van der Waals surface area contributed by atoms with Gasteiger partial charge in [-0.2, -0.15) is 5.10 Å². The minimum atomic E-state index is 0.730. The van der Waals surface area contributed by atoms with Gasteiger partial charge in [-0.3, -0.25) is 0 Å². The Labute approximate surface area is 144 Å². The molecule has 0 spiro atoms. The van der Waals surface area contributed by atoms with Crippen LogP contribution < -0.4 is 9.54 Å². The molecule has 124 valence electrons. The van der Waals surface area contributed by atoms with Crippen LogP contribution in [0.4, 0.5) is 5.69 Å². The van der Waals surface area contributed by atoms with Crippen LogP contribution >= 0.6 is 11.3 Å². The van der Waals surface area contributed by atoms with Crippen molar-refractivity contribution in [2.75, 3.05) is 7.11 Å². The molecular formula is C18H19N3O2S. The lowest BCUT2D eigenvalue weighted by molar-refractivity contribution is 0.416. The molecule has 0 radical (unpaired) electrons. The molecule has 0 amide bonds. The number of benzene rings is 1. The number of methoxy groups -OCH3 is 1. The Morgan fingerprint density at radius 3 is 2.79 bits per heavy atom. The molecule has 2 aromatic heterocycles. The van der Waals surface area contributed by atoms with Crippen LogP contribution in [0.25, 0.3) is 11.5 Å². The average Bonchev–Trinajstić information content (AvgIpc) is 3.26. The summed E-state index contributed by atoms with van der Waals surface area (Å²) in [7, 11) is 1.64. The molecule has 1 aromatic carbocycles. The summed E-state index contributed by atoms with van der Waals surface area (Å²) in [5.41, 5.74) is 2.67. The van der Waals surface area contributed by atoms with E-state index >= 15 is 0 Å². The summed E-state index contributed by atoms with van der Waals surface area (Å²) in [6, 6.07) is 11.5. The normalized spacial score (nSPS) is 12.6. The zero-order chi connectivity index (χ0) is 16.9. The van der Waals surface area contributed by atoms with Crippen LogP contribution in [0.3, 0.4) is 0 Å². The number of nitrogens with zero attached hydrogens (tertiary/aromatic N) is 3. The van der Waals surface area contributed by atoms with Gasteiger partial charge in [0.2, 0.25) is 4.80 Å². The highest BCUT2D eigenvalue weighted by Gasteiger charge is 2.11. The summed E-state index contributed by atoms with van der Waals surface area (Å²) < 4.78 is 12.7. The van der Waals surface area contributed by atoms with Crippen molar-refractivity contribution in [3.63, 3.8) is 0 Å². The molecule has 5 nitrogen and oxygen atoms in total. The van der Waals surface area contributed by atoms with Crippen molar-refractivity contribution in [3.05, 3.63) is 52.8 Å². The third-order valence-corrected chi connectivity index (χ3v) is 4.36. The molecule has 6 heteroatoms. The van der Waals surface area contributed by atoms with Crippen molar-refractivity contribution in [1.82, 2.24) is 4.68 Å². The van der Waals surface area contributed by atoms with Gasteiger partial charge in [0, 0.05) is 11.1 Å². The first-order valence-electron chi connectivity index (χ1n) is 7.69. The van der Waals surface area contributed by atoms with E-state index in [9.17, 15) is 0 Å². The molecule has 0 atom stereocenters. The third kappa shape index (κ3) is 3.33. The SMILES string of the molecule is CCC(C)=Nn1c(-c2ccco2)csc1=Nc1ccccc1OC. The van der Waals surface area contributed by atoms with Crippen LogP contribution in [0.2, 0.25) is 0 Å². The highest BCUT2D eigenvalue weighted by atomic mass is 32.1. The standard InChI is InChI=1S/C18H19N3O2S/c1-4-13(2)20-21-15(17-10-7-11-23-17)12-24-18(21)19-14-8-5-6-9-16(14)22-3/h5-12H,4H2,1-3H3. The van der Waals surface area contributed by atoms with E-state index in [4.69, 9.17) is 19.2 Å². The monoisotopic (exact) mass is 341 g/mol. The Balaban J connectivity index is 2.20. The quantitative estimate of drug-likeness (QED) is 0.632. The molecule has 3 rings (SSSR count). The first-order chi connectivity index (χ1) is 11.7. The molecule has 0 aliphatic heterocycles. The Morgan fingerprint density at radius 2 is 2.08 bits per heavy atom. The van der Waals surface area contributed by atoms with Crippen LogP contribution in [-0.4, -0.2) is 17.5 Å². The fourth-order valence-electron chi connectivity index (χ4n) is 2.14. The van der Waals surface area contributed by atoms with Gasteiger partial charge in [0.1, 0.15) is 17.1 Å². The van der Waals surface area contributed by atoms with E-state index in [0.29, 0.717) is 0 Å². The number of ether oxygens (including phenoxy) is 1. The Kier molecular flexibility index (Phi) is 4.96. The molecule has 3 aromatic rings. The summed E-state index contributed by atoms with van der Waals surface area (Å²) in [6.45, 7) is 4.08. The lowest BCUT2D eigenvalue weighted by Crippen LogP contribution is -2.13. The summed E-state index contributed by atoms with van der Waals surface area (Å²) >= 11 is 1.51. The fraction of sp³-hybridized carbons (Fsp3) is 0.222. The molecule has 0 fully saturated rings. The molecule has 0 aliphatic carbocycles. The van der Waals surface area contributed by atoms with Crippen LogP contribution in [0, 0.1) is 0 Å². The second-order valence-corrected chi connectivity index (χ2v) is 6.00. The summed E-state index contributed by atoms with van der Waals surface area (Å²) in [5, 5.41) is 6.69. The number of rotatable bonds is 5. The van der Waals surface area contributed by atoms with Crippen LogP contribution in [0.5, 0.6) is 5.75 Å². The lowest BCUT2D eigenvalue weighted by atomic mass is 10.3. The van der Waals surface area contributed by atoms with Crippen molar-refractivity contribution in [2.24, 2.45) is 10.1 Å². The van der Waals surface area contributed by atoms with Gasteiger partial charge in [-0.1, -0.05) is 19.1 Å². The molecule has 24 heavy (non-hydrogen) atoms. The lowest BCUT2D eigenvalue weighted by Gasteiger charge is -2.04. The van der Waals surface area contributed by atoms with Gasteiger partial charge in [-0.25, -0.2) is 9.67 Å². The van der Waals surface area contributed by atoms with Gasteiger partial charge >= 0.3 is 0 Å². The van der Waals surface area contributed by atoms with E-state index in [1.54, 1.807) is 13.4 Å². The smallest absolute Gasteiger partial charge is 0.211 e. The van der Waals surface area contributed by atoms with Gasteiger partial charge in [0.15, 0.2) is 5.76 Å². The topological polar surface area (TPSA) is 52.0 Å². The van der Waals surface area contributed by atoms with Gasteiger partial charge in [0.05, 0.1) is 13.4 Å². The van der Waals surface area contributed by atoms with Crippen LogP contribution in [0.15, 0.2) is 62.6 Å². The van der Waals surface area contributed by atoms with E-state index < -0.39 is 0 Å². The molecule has 0 aliphatic rings. The molecular weight excluding hydrogens is 322 g/mol. The number of furan rings is 1. The van der Waals surface area contributed by atoms with Crippen LogP contribution in [0.1, 0.15) is 20.3 Å². The van der Waals surface area contributed by atoms with Gasteiger partial charge < -0.3 is 9.15 Å². The number of para-hydroxylation sites is 2. The van der Waals surface area contributed by atoms with Crippen molar-refractivity contribution >= 4 is 22.7 Å². The van der Waals surface area contributed by atoms with E-state index in [1.807, 2.05) is 53.4 Å². The fourth-order valence-corrected chi connectivity index (χ4v) is 2.96. The number of aromatic nitrogens is 1. The van der Waals surface area contributed by atoms with E-state index in [0.717, 1.165) is 39.8 Å².